The van der Waals surface area contributed by atoms with Crippen LogP contribution in [0.5, 0.6) is 0 Å². The van der Waals surface area contributed by atoms with E-state index in [-0.39, 0.29) is 35.3 Å². The summed E-state index contributed by atoms with van der Waals surface area (Å²) in [6.45, 7) is 0.861. The molecule has 1 aliphatic heterocycles. The van der Waals surface area contributed by atoms with Crippen molar-refractivity contribution in [2.24, 2.45) is 0 Å². The van der Waals surface area contributed by atoms with Gasteiger partial charge in [0.05, 0.1) is 16.6 Å². The van der Waals surface area contributed by atoms with E-state index in [1.54, 1.807) is 11.8 Å². The third-order valence-electron chi connectivity index (χ3n) is 3.03. The third-order valence-corrected chi connectivity index (χ3v) is 4.16. The van der Waals surface area contributed by atoms with Crippen molar-refractivity contribution in [1.29, 1.82) is 5.26 Å². The monoisotopic (exact) mass is 306 g/mol. The summed E-state index contributed by atoms with van der Waals surface area (Å²) < 4.78 is 0. The lowest BCUT2D eigenvalue weighted by Crippen LogP contribution is -2.39. The van der Waals surface area contributed by atoms with Crippen LogP contribution >= 0.6 is 11.8 Å². The number of nitrogens with zero attached hydrogens (tertiary/aromatic N) is 2. The maximum Gasteiger partial charge on any atom is 0.294 e. The van der Waals surface area contributed by atoms with Crippen LogP contribution in [0.15, 0.2) is 18.2 Å². The number of rotatable bonds is 4. The Labute approximate surface area is 125 Å². The fraction of sp³-hybridized carbons (Fsp3) is 0.385. The maximum atomic E-state index is 12.0. The Morgan fingerprint density at radius 2 is 2.43 bits per heavy atom. The van der Waals surface area contributed by atoms with Crippen LogP contribution in [-0.2, 0) is 4.79 Å². The highest BCUT2D eigenvalue weighted by atomic mass is 32.2. The topological polar surface area (TPSA) is 108 Å². The van der Waals surface area contributed by atoms with Gasteiger partial charge in [0.2, 0.25) is 5.91 Å². The summed E-state index contributed by atoms with van der Waals surface area (Å²) in [4.78, 5) is 22.3. The van der Waals surface area contributed by atoms with Crippen LogP contribution in [0.1, 0.15) is 12.0 Å². The highest BCUT2D eigenvalue weighted by molar-refractivity contribution is 7.99. The molecule has 0 saturated carbocycles. The van der Waals surface area contributed by atoms with Gasteiger partial charge < -0.3 is 10.6 Å². The number of nitrogens with one attached hydrogen (secondary N) is 2. The predicted molar refractivity (Wildman–Crippen MR) is 80.2 cm³/mol. The molecule has 1 unspecified atom stereocenters. The minimum Gasteiger partial charge on any atom is -0.320 e. The molecule has 0 bridgehead atoms. The van der Waals surface area contributed by atoms with Crippen LogP contribution in [0.4, 0.5) is 11.4 Å². The summed E-state index contributed by atoms with van der Waals surface area (Å²) in [5, 5.41) is 25.5. The molecule has 0 radical (unpaired) electrons. The molecular weight excluding hydrogens is 292 g/mol. The first-order valence-corrected chi connectivity index (χ1v) is 7.55. The van der Waals surface area contributed by atoms with Crippen LogP contribution < -0.4 is 10.6 Å². The van der Waals surface area contributed by atoms with Crippen molar-refractivity contribution in [2.75, 3.05) is 23.4 Å². The van der Waals surface area contributed by atoms with Gasteiger partial charge in [0.15, 0.2) is 0 Å². The van der Waals surface area contributed by atoms with Gasteiger partial charge in [-0.15, -0.1) is 0 Å². The van der Waals surface area contributed by atoms with Crippen LogP contribution in [0, 0.1) is 21.4 Å². The number of nitro groups is 1. The Morgan fingerprint density at radius 3 is 3.05 bits per heavy atom. The van der Waals surface area contributed by atoms with E-state index < -0.39 is 4.92 Å². The molecule has 1 heterocycles. The minimum atomic E-state index is -0.606. The molecule has 1 saturated heterocycles. The lowest BCUT2D eigenvalue weighted by atomic mass is 10.1. The van der Waals surface area contributed by atoms with Crippen molar-refractivity contribution in [2.45, 2.75) is 12.5 Å². The second-order valence-electron chi connectivity index (χ2n) is 4.58. The molecule has 0 aromatic heterocycles. The van der Waals surface area contributed by atoms with Gasteiger partial charge in [0, 0.05) is 36.6 Å². The number of carbonyl (C=O) groups is 1. The van der Waals surface area contributed by atoms with E-state index in [0.717, 1.165) is 24.1 Å². The highest BCUT2D eigenvalue weighted by Gasteiger charge is 2.20. The number of thioether (sulfide) groups is 1. The Bertz CT molecular complexity index is 594. The molecule has 1 atom stereocenters. The highest BCUT2D eigenvalue weighted by Crippen LogP contribution is 2.25. The molecule has 1 fully saturated rings. The van der Waals surface area contributed by atoms with Gasteiger partial charge in [-0.05, 0) is 12.1 Å². The van der Waals surface area contributed by atoms with Gasteiger partial charge in [-0.25, -0.2) is 0 Å². The van der Waals surface area contributed by atoms with Crippen LogP contribution in [0.25, 0.3) is 0 Å². The largest absolute Gasteiger partial charge is 0.320 e. The standard InChI is InChI=1S/C13H14N4O3S/c14-7-9-1-2-11(12(5-9)17(19)20)16-13(18)6-10-8-21-4-3-15-10/h1-2,5,10,15H,3-4,6,8H2,(H,16,18). The zero-order valence-corrected chi connectivity index (χ0v) is 12.0. The zero-order chi connectivity index (χ0) is 15.2. The molecular formula is C13H14N4O3S. The van der Waals surface area contributed by atoms with E-state index in [9.17, 15) is 14.9 Å². The van der Waals surface area contributed by atoms with E-state index in [2.05, 4.69) is 10.6 Å². The van der Waals surface area contributed by atoms with Gasteiger partial charge in [-0.1, -0.05) is 0 Å². The summed E-state index contributed by atoms with van der Waals surface area (Å²) in [5.74, 6) is 1.60. The summed E-state index contributed by atoms with van der Waals surface area (Å²) >= 11 is 1.78. The molecule has 2 N–H and O–H groups in total. The molecule has 8 heteroatoms. The predicted octanol–water partition coefficient (Wildman–Crippen LogP) is 1.50. The number of hydrogen-bond acceptors (Lipinski definition) is 6. The minimum absolute atomic E-state index is 0.0844. The zero-order valence-electron chi connectivity index (χ0n) is 11.2. The van der Waals surface area contributed by atoms with E-state index in [4.69, 9.17) is 5.26 Å². The molecule has 1 amide bonds. The normalized spacial score (nSPS) is 17.8. The first-order valence-electron chi connectivity index (χ1n) is 6.39. The van der Waals surface area contributed by atoms with Crippen molar-refractivity contribution in [3.63, 3.8) is 0 Å². The summed E-state index contributed by atoms with van der Waals surface area (Å²) in [7, 11) is 0. The van der Waals surface area contributed by atoms with Crippen molar-refractivity contribution in [3.8, 4) is 6.07 Å². The van der Waals surface area contributed by atoms with Crippen LogP contribution in [-0.4, -0.2) is 34.9 Å². The first kappa shape index (κ1) is 15.3. The van der Waals surface area contributed by atoms with E-state index >= 15 is 0 Å². The fourth-order valence-corrected chi connectivity index (χ4v) is 2.98. The summed E-state index contributed by atoms with van der Waals surface area (Å²) in [6.07, 6.45) is 0.268. The second-order valence-corrected chi connectivity index (χ2v) is 5.73. The number of nitro benzene ring substituents is 1. The molecule has 2 rings (SSSR count). The summed E-state index contributed by atoms with van der Waals surface area (Å²) in [6, 6.07) is 5.91. The van der Waals surface area contributed by atoms with Gasteiger partial charge in [0.1, 0.15) is 5.69 Å². The Morgan fingerprint density at radius 1 is 1.62 bits per heavy atom. The van der Waals surface area contributed by atoms with Crippen molar-refractivity contribution >= 4 is 29.0 Å². The van der Waals surface area contributed by atoms with Gasteiger partial charge in [-0.3, -0.25) is 14.9 Å². The SMILES string of the molecule is N#Cc1ccc(NC(=O)CC2CSCCN2)c([N+](=O)[O-])c1. The smallest absolute Gasteiger partial charge is 0.294 e. The fourth-order valence-electron chi connectivity index (χ4n) is 2.03. The Kier molecular flexibility index (Phi) is 5.14. The van der Waals surface area contributed by atoms with E-state index in [1.165, 1.54) is 12.1 Å². The van der Waals surface area contributed by atoms with E-state index in [1.807, 2.05) is 6.07 Å². The molecule has 0 aliphatic carbocycles. The van der Waals surface area contributed by atoms with Crippen LogP contribution in [0.3, 0.4) is 0 Å². The maximum absolute atomic E-state index is 12.0. The lowest BCUT2D eigenvalue weighted by molar-refractivity contribution is -0.383. The van der Waals surface area contributed by atoms with Gasteiger partial charge in [0.25, 0.3) is 5.69 Å². The first-order chi connectivity index (χ1) is 10.1. The molecule has 0 spiro atoms. The van der Waals surface area contributed by atoms with Crippen molar-refractivity contribution in [1.82, 2.24) is 5.32 Å². The number of hydrogen-bond donors (Lipinski definition) is 2. The molecule has 1 aliphatic rings. The molecule has 110 valence electrons. The Balaban J connectivity index is 2.06. The summed E-state index contributed by atoms with van der Waals surface area (Å²) in [5.41, 5.74) is 0.0332. The molecule has 1 aromatic carbocycles. The number of anilines is 1. The molecule has 1 aromatic rings. The molecule has 7 nitrogen and oxygen atoms in total. The van der Waals surface area contributed by atoms with Crippen molar-refractivity contribution in [3.05, 3.63) is 33.9 Å². The quantitative estimate of drug-likeness (QED) is 0.644. The lowest BCUT2D eigenvalue weighted by Gasteiger charge is -2.22. The average molecular weight is 306 g/mol. The third kappa shape index (κ3) is 4.18. The average Bonchev–Trinajstić information content (AvgIpc) is 2.48. The Hall–Kier alpha value is -2.11. The number of amides is 1. The van der Waals surface area contributed by atoms with Gasteiger partial charge in [-0.2, -0.15) is 17.0 Å². The number of nitriles is 1. The second kappa shape index (κ2) is 7.06. The molecule has 21 heavy (non-hydrogen) atoms. The number of carbonyl (C=O) groups excluding carboxylic acids is 1. The number of benzene rings is 1. The van der Waals surface area contributed by atoms with Crippen molar-refractivity contribution < 1.29 is 9.72 Å². The van der Waals surface area contributed by atoms with E-state index in [0.29, 0.717) is 0 Å². The van der Waals surface area contributed by atoms with Crippen LogP contribution in [0.2, 0.25) is 0 Å². The van der Waals surface area contributed by atoms with Gasteiger partial charge >= 0.3 is 0 Å².